The van der Waals surface area contributed by atoms with Crippen LogP contribution in [0.1, 0.15) is 38.7 Å². The quantitative estimate of drug-likeness (QED) is 0.324. The zero-order valence-corrected chi connectivity index (χ0v) is 26.2. The van der Waals surface area contributed by atoms with Crippen molar-refractivity contribution in [1.82, 2.24) is 9.80 Å². The molecule has 2 aromatic carbocycles. The summed E-state index contributed by atoms with van der Waals surface area (Å²) in [5.41, 5.74) is 0.245. The molecule has 0 aromatic heterocycles. The van der Waals surface area contributed by atoms with Crippen LogP contribution in [0.5, 0.6) is 0 Å². The maximum atomic E-state index is 14.8. The highest BCUT2D eigenvalue weighted by atomic mass is 35.5. The average Bonchev–Trinajstić information content (AvgIpc) is 3.68. The van der Waals surface area contributed by atoms with Crippen molar-refractivity contribution in [3.8, 4) is 0 Å². The maximum Gasteiger partial charge on any atom is 0.253 e. The maximum absolute atomic E-state index is 14.8. The first kappa shape index (κ1) is 31.9. The van der Waals surface area contributed by atoms with E-state index in [1.54, 1.807) is 46.2 Å². The van der Waals surface area contributed by atoms with Gasteiger partial charge in [-0.05, 0) is 36.5 Å². The van der Waals surface area contributed by atoms with Crippen molar-refractivity contribution in [2.45, 2.75) is 63.4 Å². The highest BCUT2D eigenvalue weighted by Gasteiger charge is 2.75. The zero-order chi connectivity index (χ0) is 31.6. The molecule has 3 aliphatic heterocycles. The lowest BCUT2D eigenvalue weighted by Crippen LogP contribution is -2.60. The first-order valence-electron chi connectivity index (χ1n) is 15.4. The van der Waals surface area contributed by atoms with Crippen LogP contribution in [0.2, 0.25) is 5.02 Å². The zero-order valence-electron chi connectivity index (χ0n) is 25.5. The number of aliphatic hydroxyl groups is 1. The van der Waals surface area contributed by atoms with Crippen molar-refractivity contribution in [2.75, 3.05) is 24.6 Å². The highest BCUT2D eigenvalue weighted by molar-refractivity contribution is 6.34. The summed E-state index contributed by atoms with van der Waals surface area (Å²) in [4.78, 5) is 48.7. The molecule has 1 spiro atoms. The summed E-state index contributed by atoms with van der Waals surface area (Å²) in [7, 11) is 0. The first-order chi connectivity index (χ1) is 21.2. The minimum absolute atomic E-state index is 0.107. The molecule has 3 heterocycles. The number of carbonyl (C=O) groups is 3. The lowest BCUT2D eigenvalue weighted by Gasteiger charge is -2.41. The summed E-state index contributed by atoms with van der Waals surface area (Å²) in [5.74, 6) is -2.60. The molecule has 2 unspecified atom stereocenters. The lowest BCUT2D eigenvalue weighted by atomic mass is 9.70. The second kappa shape index (κ2) is 13.3. The molecule has 5 rings (SSSR count). The number of carbonyl (C=O) groups excluding carboxylic acids is 3. The van der Waals surface area contributed by atoms with E-state index in [4.69, 9.17) is 16.3 Å². The Morgan fingerprint density at radius 2 is 1.80 bits per heavy atom. The van der Waals surface area contributed by atoms with Gasteiger partial charge in [0.1, 0.15) is 11.6 Å². The molecule has 0 aliphatic carbocycles. The number of amides is 3. The van der Waals surface area contributed by atoms with Gasteiger partial charge in [-0.1, -0.05) is 86.5 Å². The van der Waals surface area contributed by atoms with Crippen LogP contribution in [0.3, 0.4) is 0 Å². The topological polar surface area (TPSA) is 90.4 Å². The van der Waals surface area contributed by atoms with Gasteiger partial charge in [-0.2, -0.15) is 0 Å². The largest absolute Gasteiger partial charge is 0.394 e. The van der Waals surface area contributed by atoms with Crippen molar-refractivity contribution in [1.29, 1.82) is 0 Å². The number of likely N-dealkylation sites (tertiary alicyclic amines) is 1. The number of para-hydroxylation sites is 1. The molecule has 2 aromatic rings. The van der Waals surface area contributed by atoms with Crippen LogP contribution < -0.4 is 4.90 Å². The molecule has 9 heteroatoms. The van der Waals surface area contributed by atoms with Gasteiger partial charge >= 0.3 is 0 Å². The molecule has 234 valence electrons. The Balaban J connectivity index is 1.59. The Labute approximate surface area is 264 Å². The molecule has 0 saturated carbocycles. The summed E-state index contributed by atoms with van der Waals surface area (Å²) >= 11 is 6.58. The second-order valence-corrected chi connectivity index (χ2v) is 12.5. The van der Waals surface area contributed by atoms with E-state index in [-0.39, 0.29) is 36.8 Å². The third-order valence-electron chi connectivity index (χ3n) is 9.70. The van der Waals surface area contributed by atoms with E-state index in [0.717, 1.165) is 5.56 Å². The van der Waals surface area contributed by atoms with Crippen LogP contribution in [0.25, 0.3) is 0 Å². The Bertz CT molecular complexity index is 1400. The fourth-order valence-electron chi connectivity index (χ4n) is 7.48. The number of hydrogen-bond donors (Lipinski definition) is 1. The van der Waals surface area contributed by atoms with Crippen LogP contribution in [0, 0.1) is 17.8 Å². The van der Waals surface area contributed by atoms with Crippen molar-refractivity contribution in [3.05, 3.63) is 90.5 Å². The summed E-state index contributed by atoms with van der Waals surface area (Å²) in [6.07, 6.45) is 4.48. The molecular formula is C35H42ClN3O5. The number of hydrogen-bond acceptors (Lipinski definition) is 5. The minimum Gasteiger partial charge on any atom is -0.394 e. The van der Waals surface area contributed by atoms with Gasteiger partial charge in [0, 0.05) is 19.6 Å². The summed E-state index contributed by atoms with van der Waals surface area (Å²) in [5, 5.41) is 11.0. The molecule has 44 heavy (non-hydrogen) atoms. The Morgan fingerprint density at radius 1 is 1.11 bits per heavy atom. The summed E-state index contributed by atoms with van der Waals surface area (Å²) in [6, 6.07) is 15.1. The minimum atomic E-state index is -1.21. The molecule has 2 bridgehead atoms. The average molecular weight is 620 g/mol. The number of anilines is 1. The monoisotopic (exact) mass is 619 g/mol. The van der Waals surface area contributed by atoms with Gasteiger partial charge in [0.15, 0.2) is 0 Å². The fourth-order valence-corrected chi connectivity index (χ4v) is 7.72. The predicted molar refractivity (Wildman–Crippen MR) is 171 cm³/mol. The van der Waals surface area contributed by atoms with Gasteiger partial charge in [-0.25, -0.2) is 0 Å². The van der Waals surface area contributed by atoms with Crippen molar-refractivity contribution in [3.63, 3.8) is 0 Å². The Morgan fingerprint density at radius 3 is 2.43 bits per heavy atom. The van der Waals surface area contributed by atoms with Crippen molar-refractivity contribution >= 4 is 35.0 Å². The van der Waals surface area contributed by atoms with E-state index in [1.165, 1.54) is 4.90 Å². The number of nitrogens with zero attached hydrogens (tertiary/aromatic N) is 3. The standard InChI is InChI=1S/C35H42ClN3O5/c1-5-19-37(21-24-13-9-8-10-14-24)32(41)29-28-17-18-35(44-28)30(29)33(42)39(27(22-40)23(4)7-3)31(35)34(43)38(20-6-2)26-16-12-11-15-25(26)36/h5-6,8-16,23,27-31,40H,1-2,7,17-22H2,3-4H3/t23-,27-,28-,29+,30-,31?,35?/m0/s1. The Hall–Kier alpha value is -3.46. The van der Waals surface area contributed by atoms with Crippen molar-refractivity contribution < 1.29 is 24.2 Å². The van der Waals surface area contributed by atoms with Gasteiger partial charge in [0.25, 0.3) is 5.91 Å². The summed E-state index contributed by atoms with van der Waals surface area (Å²) < 4.78 is 6.71. The number of fused-ring (bicyclic) bond motifs is 1. The number of benzene rings is 2. The van der Waals surface area contributed by atoms with Gasteiger partial charge in [0.2, 0.25) is 11.8 Å². The number of rotatable bonds is 13. The van der Waals surface area contributed by atoms with Crippen LogP contribution in [0.4, 0.5) is 5.69 Å². The first-order valence-corrected chi connectivity index (χ1v) is 15.8. The van der Waals surface area contributed by atoms with Crippen LogP contribution in [-0.4, -0.2) is 76.1 Å². The third kappa shape index (κ3) is 5.37. The van der Waals surface area contributed by atoms with Crippen LogP contribution in [-0.2, 0) is 25.7 Å². The third-order valence-corrected chi connectivity index (χ3v) is 10.0. The van der Waals surface area contributed by atoms with E-state index in [9.17, 15) is 19.5 Å². The Kier molecular flexibility index (Phi) is 9.63. The van der Waals surface area contributed by atoms with Crippen molar-refractivity contribution in [2.24, 2.45) is 17.8 Å². The predicted octanol–water partition coefficient (Wildman–Crippen LogP) is 4.86. The van der Waals surface area contributed by atoms with Gasteiger partial charge < -0.3 is 24.5 Å². The second-order valence-electron chi connectivity index (χ2n) is 12.1. The fraction of sp³-hybridized carbons (Fsp3) is 0.457. The number of aliphatic hydroxyl groups excluding tert-OH is 1. The van der Waals surface area contributed by atoms with E-state index >= 15 is 0 Å². The van der Waals surface area contributed by atoms with Crippen LogP contribution >= 0.6 is 11.6 Å². The molecule has 0 radical (unpaired) electrons. The molecule has 8 nitrogen and oxygen atoms in total. The molecule has 3 fully saturated rings. The van der Waals surface area contributed by atoms with Gasteiger partial charge in [0.05, 0.1) is 41.3 Å². The van der Waals surface area contributed by atoms with E-state index in [1.807, 2.05) is 44.2 Å². The highest BCUT2D eigenvalue weighted by Crippen LogP contribution is 2.59. The molecule has 1 N–H and O–H groups in total. The molecule has 7 atom stereocenters. The lowest BCUT2D eigenvalue weighted by molar-refractivity contribution is -0.148. The SMILES string of the molecule is C=CCN(Cc1ccccc1)C(=O)[C@@H]1[C@@H]2CCC3(O2)C(C(=O)N(CC=C)c2ccccc2Cl)N([C@@H](CO)[C@@H](C)CC)C(=O)[C@H]13. The number of ether oxygens (including phenoxy) is 1. The van der Waals surface area contributed by atoms with Gasteiger partial charge in [-0.3, -0.25) is 14.4 Å². The van der Waals surface area contributed by atoms with Gasteiger partial charge in [-0.15, -0.1) is 13.2 Å². The summed E-state index contributed by atoms with van der Waals surface area (Å²) in [6.45, 7) is 12.2. The van der Waals surface area contributed by atoms with E-state index in [2.05, 4.69) is 13.2 Å². The smallest absolute Gasteiger partial charge is 0.253 e. The van der Waals surface area contributed by atoms with Crippen LogP contribution in [0.15, 0.2) is 79.9 Å². The van der Waals surface area contributed by atoms with E-state index < -0.39 is 35.6 Å². The van der Waals surface area contributed by atoms with E-state index in [0.29, 0.717) is 43.1 Å². The molecular weight excluding hydrogens is 578 g/mol. The normalized spacial score (nSPS) is 26.6. The molecule has 3 saturated heterocycles. The molecule has 3 aliphatic rings. The molecule has 3 amide bonds. The number of halogens is 1.